The normalized spacial score (nSPS) is 12.1. The van der Waals surface area contributed by atoms with Crippen LogP contribution in [0.15, 0.2) is 34.8 Å². The number of halogens is 2. The molecule has 21 heavy (non-hydrogen) atoms. The molecule has 3 nitrogen and oxygen atoms in total. The second-order valence-corrected chi connectivity index (χ2v) is 6.79. The third-order valence-electron chi connectivity index (χ3n) is 3.40. The Bertz CT molecular complexity index is 661. The molecule has 0 amide bonds. The van der Waals surface area contributed by atoms with Gasteiger partial charge in [0.1, 0.15) is 0 Å². The first-order valence-electron chi connectivity index (χ1n) is 6.41. The fraction of sp³-hybridized carbons (Fsp3) is 0.250. The highest BCUT2D eigenvalue weighted by atomic mass is 127. The number of ether oxygens (including phenoxy) is 2. The maximum Gasteiger partial charge on any atom is 0.161 e. The predicted molar refractivity (Wildman–Crippen MR) is 97.2 cm³/mol. The Hall–Kier alpha value is -0.790. The van der Waals surface area contributed by atoms with Crippen molar-refractivity contribution >= 4 is 38.5 Å². The lowest BCUT2D eigenvalue weighted by atomic mass is 9.95. The van der Waals surface area contributed by atoms with E-state index in [1.165, 1.54) is 0 Å². The molecule has 5 heteroatoms. The van der Waals surface area contributed by atoms with Crippen LogP contribution in [0.25, 0.3) is 0 Å². The van der Waals surface area contributed by atoms with Crippen molar-refractivity contribution in [3.8, 4) is 11.5 Å². The lowest BCUT2D eigenvalue weighted by Crippen LogP contribution is -2.15. The van der Waals surface area contributed by atoms with E-state index in [4.69, 9.17) is 15.2 Å². The molecule has 2 aromatic rings. The molecular weight excluding hydrogens is 445 g/mol. The molecule has 2 aromatic carbocycles. The van der Waals surface area contributed by atoms with Crippen molar-refractivity contribution < 1.29 is 9.47 Å². The number of methoxy groups -OCH3 is 2. The van der Waals surface area contributed by atoms with Crippen LogP contribution in [0, 0.1) is 10.5 Å². The topological polar surface area (TPSA) is 44.5 Å². The third-order valence-corrected chi connectivity index (χ3v) is 4.88. The molecule has 1 atom stereocenters. The van der Waals surface area contributed by atoms with Gasteiger partial charge in [-0.15, -0.1) is 0 Å². The summed E-state index contributed by atoms with van der Waals surface area (Å²) in [5.74, 6) is 1.41. The van der Waals surface area contributed by atoms with E-state index in [9.17, 15) is 0 Å². The lowest BCUT2D eigenvalue weighted by molar-refractivity contribution is 0.354. The second kappa shape index (κ2) is 6.98. The van der Waals surface area contributed by atoms with Crippen LogP contribution in [0.3, 0.4) is 0 Å². The van der Waals surface area contributed by atoms with E-state index >= 15 is 0 Å². The van der Waals surface area contributed by atoms with Gasteiger partial charge in [-0.2, -0.15) is 0 Å². The van der Waals surface area contributed by atoms with Gasteiger partial charge in [0, 0.05) is 8.04 Å². The Morgan fingerprint density at radius 1 is 1.05 bits per heavy atom. The van der Waals surface area contributed by atoms with E-state index in [0.29, 0.717) is 5.75 Å². The summed E-state index contributed by atoms with van der Waals surface area (Å²) in [4.78, 5) is 0. The Morgan fingerprint density at radius 2 is 1.67 bits per heavy atom. The number of hydrogen-bond acceptors (Lipinski definition) is 3. The second-order valence-electron chi connectivity index (χ2n) is 4.71. The molecule has 0 spiro atoms. The van der Waals surface area contributed by atoms with E-state index in [2.05, 4.69) is 50.7 Å². The summed E-state index contributed by atoms with van der Waals surface area (Å²) < 4.78 is 12.9. The van der Waals surface area contributed by atoms with E-state index in [1.54, 1.807) is 14.2 Å². The molecule has 0 fully saturated rings. The molecule has 0 aliphatic carbocycles. The first-order chi connectivity index (χ1) is 9.97. The molecule has 112 valence electrons. The Balaban J connectivity index is 2.52. The Morgan fingerprint density at radius 3 is 2.29 bits per heavy atom. The van der Waals surface area contributed by atoms with Crippen LogP contribution < -0.4 is 15.2 Å². The number of hydrogen-bond donors (Lipinski definition) is 1. The van der Waals surface area contributed by atoms with Crippen molar-refractivity contribution in [3.63, 3.8) is 0 Å². The first-order valence-corrected chi connectivity index (χ1v) is 8.28. The summed E-state index contributed by atoms with van der Waals surface area (Å²) >= 11 is 5.81. The van der Waals surface area contributed by atoms with Gasteiger partial charge < -0.3 is 15.2 Å². The quantitative estimate of drug-likeness (QED) is 0.685. The van der Waals surface area contributed by atoms with Crippen LogP contribution in [-0.4, -0.2) is 14.2 Å². The predicted octanol–water partition coefficient (Wildman–Crippen LogP) is 4.43. The molecule has 0 heterocycles. The highest BCUT2D eigenvalue weighted by Crippen LogP contribution is 2.35. The number of nitrogens with two attached hydrogens (primary N) is 1. The average Bonchev–Trinajstić information content (AvgIpc) is 2.48. The van der Waals surface area contributed by atoms with Gasteiger partial charge >= 0.3 is 0 Å². The smallest absolute Gasteiger partial charge is 0.161 e. The molecular formula is C16H17BrINO2. The molecule has 0 saturated heterocycles. The zero-order valence-electron chi connectivity index (χ0n) is 12.1. The standard InChI is InChI=1S/C16H17BrINO2/c1-9-6-14(20-2)15(21-3)8-11(9)16(19)12-7-10(17)4-5-13(12)18/h4-8,16H,19H2,1-3H3. The Labute approximate surface area is 147 Å². The minimum absolute atomic E-state index is 0.214. The monoisotopic (exact) mass is 461 g/mol. The van der Waals surface area contributed by atoms with E-state index in [-0.39, 0.29) is 6.04 Å². The van der Waals surface area contributed by atoms with Crippen LogP contribution in [0.2, 0.25) is 0 Å². The van der Waals surface area contributed by atoms with Crippen LogP contribution >= 0.6 is 38.5 Å². The van der Waals surface area contributed by atoms with Gasteiger partial charge in [0.05, 0.1) is 20.3 Å². The zero-order chi connectivity index (χ0) is 15.6. The van der Waals surface area contributed by atoms with E-state index < -0.39 is 0 Å². The minimum Gasteiger partial charge on any atom is -0.493 e. The van der Waals surface area contributed by atoms with Crippen LogP contribution in [0.5, 0.6) is 11.5 Å². The summed E-state index contributed by atoms with van der Waals surface area (Å²) in [6, 6.07) is 9.82. The van der Waals surface area contributed by atoms with Crippen molar-refractivity contribution in [2.75, 3.05) is 14.2 Å². The molecule has 0 bridgehead atoms. The number of benzene rings is 2. The fourth-order valence-corrected chi connectivity index (χ4v) is 3.30. The molecule has 2 N–H and O–H groups in total. The lowest BCUT2D eigenvalue weighted by Gasteiger charge is -2.19. The summed E-state index contributed by atoms with van der Waals surface area (Å²) in [6.45, 7) is 2.03. The summed E-state index contributed by atoms with van der Waals surface area (Å²) in [6.07, 6.45) is 0. The van der Waals surface area contributed by atoms with Crippen LogP contribution in [0.4, 0.5) is 0 Å². The Kier molecular flexibility index (Phi) is 5.51. The van der Waals surface area contributed by atoms with Crippen molar-refractivity contribution in [3.05, 3.63) is 55.1 Å². The van der Waals surface area contributed by atoms with Gasteiger partial charge in [-0.05, 0) is 76.5 Å². The maximum atomic E-state index is 6.48. The van der Waals surface area contributed by atoms with Gasteiger partial charge in [-0.25, -0.2) is 0 Å². The molecule has 0 aromatic heterocycles. The number of rotatable bonds is 4. The summed E-state index contributed by atoms with van der Waals surface area (Å²) in [7, 11) is 3.26. The number of aryl methyl sites for hydroxylation is 1. The van der Waals surface area contributed by atoms with Gasteiger partial charge in [-0.1, -0.05) is 15.9 Å². The minimum atomic E-state index is -0.214. The molecule has 0 aliphatic rings. The zero-order valence-corrected chi connectivity index (χ0v) is 15.9. The maximum absolute atomic E-state index is 6.48. The molecule has 0 saturated carbocycles. The fourth-order valence-electron chi connectivity index (χ4n) is 2.25. The largest absolute Gasteiger partial charge is 0.493 e. The van der Waals surface area contributed by atoms with E-state index in [0.717, 1.165) is 30.5 Å². The average molecular weight is 462 g/mol. The van der Waals surface area contributed by atoms with Crippen molar-refractivity contribution in [1.82, 2.24) is 0 Å². The van der Waals surface area contributed by atoms with Gasteiger partial charge in [0.25, 0.3) is 0 Å². The summed E-state index contributed by atoms with van der Waals surface area (Å²) in [5, 5.41) is 0. The highest BCUT2D eigenvalue weighted by Gasteiger charge is 2.18. The SMILES string of the molecule is COc1cc(C)c(C(N)c2cc(Br)ccc2I)cc1OC. The highest BCUT2D eigenvalue weighted by molar-refractivity contribution is 14.1. The molecule has 2 rings (SSSR count). The van der Waals surface area contributed by atoms with Crippen molar-refractivity contribution in [2.24, 2.45) is 5.73 Å². The van der Waals surface area contributed by atoms with Crippen LogP contribution in [0.1, 0.15) is 22.7 Å². The molecule has 0 radical (unpaired) electrons. The van der Waals surface area contributed by atoms with Crippen molar-refractivity contribution in [1.29, 1.82) is 0 Å². The third kappa shape index (κ3) is 3.52. The van der Waals surface area contributed by atoms with Crippen molar-refractivity contribution in [2.45, 2.75) is 13.0 Å². The first kappa shape index (κ1) is 16.6. The van der Waals surface area contributed by atoms with Gasteiger partial charge in [0.15, 0.2) is 11.5 Å². The van der Waals surface area contributed by atoms with Gasteiger partial charge in [-0.3, -0.25) is 0 Å². The van der Waals surface area contributed by atoms with Gasteiger partial charge in [0.2, 0.25) is 0 Å². The summed E-state index contributed by atoms with van der Waals surface area (Å²) in [5.41, 5.74) is 9.67. The molecule has 0 aliphatic heterocycles. The van der Waals surface area contributed by atoms with Crippen LogP contribution in [-0.2, 0) is 0 Å². The van der Waals surface area contributed by atoms with E-state index in [1.807, 2.05) is 25.1 Å². The molecule has 1 unspecified atom stereocenters.